The zero-order chi connectivity index (χ0) is 16.6. The molecule has 1 aliphatic carbocycles. The summed E-state index contributed by atoms with van der Waals surface area (Å²) in [6, 6.07) is 4.18. The van der Waals surface area contributed by atoms with E-state index in [-0.39, 0.29) is 11.9 Å². The molecule has 0 spiro atoms. The number of aryl methyl sites for hydroxylation is 2. The largest absolute Gasteiger partial charge is 0.349 e. The minimum absolute atomic E-state index is 0.0122. The Hall–Kier alpha value is -1.84. The maximum atomic E-state index is 12.9. The second kappa shape index (κ2) is 6.34. The zero-order valence-electron chi connectivity index (χ0n) is 14.6. The Labute approximate surface area is 138 Å². The van der Waals surface area contributed by atoms with Gasteiger partial charge in [0.1, 0.15) is 5.65 Å². The molecule has 0 radical (unpaired) electrons. The van der Waals surface area contributed by atoms with E-state index in [1.54, 1.807) is 0 Å². The van der Waals surface area contributed by atoms with Crippen LogP contribution in [0.5, 0.6) is 0 Å². The fourth-order valence-corrected chi connectivity index (χ4v) is 3.46. The number of hydrogen-bond acceptors (Lipinski definition) is 2. The molecule has 1 saturated carbocycles. The lowest BCUT2D eigenvalue weighted by atomic mass is 9.77. The first kappa shape index (κ1) is 16.0. The number of rotatable bonds is 5. The molecule has 4 heteroatoms. The number of pyridine rings is 1. The van der Waals surface area contributed by atoms with Gasteiger partial charge in [-0.15, -0.1) is 0 Å². The van der Waals surface area contributed by atoms with Crippen molar-refractivity contribution in [3.05, 3.63) is 35.3 Å². The molecule has 124 valence electrons. The summed E-state index contributed by atoms with van der Waals surface area (Å²) in [6.45, 7) is 8.44. The monoisotopic (exact) mass is 313 g/mol. The highest BCUT2D eigenvalue weighted by molar-refractivity contribution is 6.00. The minimum atomic E-state index is 0.0122. The average molecular weight is 313 g/mol. The number of nitrogens with zero attached hydrogens (tertiary/aromatic N) is 2. The normalized spacial score (nSPS) is 16.6. The van der Waals surface area contributed by atoms with Crippen molar-refractivity contribution in [2.45, 2.75) is 59.4 Å². The molecule has 2 heterocycles. The number of fused-ring (bicyclic) bond motifs is 1. The van der Waals surface area contributed by atoms with Crippen LogP contribution in [-0.4, -0.2) is 21.3 Å². The van der Waals surface area contributed by atoms with Gasteiger partial charge in [-0.25, -0.2) is 4.98 Å². The second-order valence-corrected chi connectivity index (χ2v) is 7.36. The molecule has 1 aliphatic rings. The Balaban J connectivity index is 1.86. The van der Waals surface area contributed by atoms with Crippen LogP contribution < -0.4 is 5.32 Å². The van der Waals surface area contributed by atoms with Crippen LogP contribution in [0.2, 0.25) is 0 Å². The fraction of sp³-hybridized carbons (Fsp3) is 0.579. The van der Waals surface area contributed by atoms with Gasteiger partial charge in [-0.3, -0.25) is 4.79 Å². The summed E-state index contributed by atoms with van der Waals surface area (Å²) < 4.78 is 2.01. The summed E-state index contributed by atoms with van der Waals surface area (Å²) in [5, 5.41) is 3.30. The Bertz CT molecular complexity index is 713. The number of aromatic nitrogens is 2. The fourth-order valence-electron chi connectivity index (χ4n) is 3.46. The molecule has 1 amide bonds. The highest BCUT2D eigenvalue weighted by Crippen LogP contribution is 2.32. The molecule has 0 aromatic carbocycles. The van der Waals surface area contributed by atoms with Crippen molar-refractivity contribution in [2.24, 2.45) is 11.8 Å². The van der Waals surface area contributed by atoms with E-state index in [9.17, 15) is 4.79 Å². The highest BCUT2D eigenvalue weighted by atomic mass is 16.1. The Kier molecular flexibility index (Phi) is 4.42. The van der Waals surface area contributed by atoms with Crippen molar-refractivity contribution in [3.8, 4) is 0 Å². The molecule has 0 unspecified atom stereocenters. The molecule has 0 bridgehead atoms. The predicted octanol–water partition coefficient (Wildman–Crippen LogP) is 3.90. The lowest BCUT2D eigenvalue weighted by molar-refractivity contribution is 0.0890. The summed E-state index contributed by atoms with van der Waals surface area (Å²) in [5.41, 5.74) is 3.47. The van der Waals surface area contributed by atoms with Gasteiger partial charge >= 0.3 is 0 Å². The molecule has 0 saturated heterocycles. The third kappa shape index (κ3) is 3.26. The molecule has 23 heavy (non-hydrogen) atoms. The molecule has 4 nitrogen and oxygen atoms in total. The van der Waals surface area contributed by atoms with E-state index in [4.69, 9.17) is 0 Å². The molecule has 1 atom stereocenters. The third-order valence-corrected chi connectivity index (χ3v) is 4.94. The highest BCUT2D eigenvalue weighted by Gasteiger charge is 2.29. The first-order valence-electron chi connectivity index (χ1n) is 8.72. The summed E-state index contributed by atoms with van der Waals surface area (Å²) >= 11 is 0. The van der Waals surface area contributed by atoms with Gasteiger partial charge in [-0.2, -0.15) is 0 Å². The molecule has 2 aromatic heterocycles. The number of hydrogen-bond donors (Lipinski definition) is 1. The van der Waals surface area contributed by atoms with E-state index in [0.29, 0.717) is 17.4 Å². The van der Waals surface area contributed by atoms with Crippen LogP contribution >= 0.6 is 0 Å². The van der Waals surface area contributed by atoms with E-state index in [0.717, 1.165) is 23.5 Å². The number of imidazole rings is 1. The maximum absolute atomic E-state index is 12.9. The Morgan fingerprint density at radius 3 is 2.70 bits per heavy atom. The van der Waals surface area contributed by atoms with Gasteiger partial charge in [-0.05, 0) is 57.1 Å². The van der Waals surface area contributed by atoms with Gasteiger partial charge < -0.3 is 9.72 Å². The van der Waals surface area contributed by atoms with Crippen LogP contribution in [0.1, 0.15) is 61.3 Å². The first-order chi connectivity index (χ1) is 11.0. The quantitative estimate of drug-likeness (QED) is 0.910. The molecule has 2 aromatic rings. The number of amides is 1. The minimum Gasteiger partial charge on any atom is -0.349 e. The molecule has 0 aliphatic heterocycles. The van der Waals surface area contributed by atoms with E-state index in [1.807, 2.05) is 36.6 Å². The van der Waals surface area contributed by atoms with Gasteiger partial charge in [0.25, 0.3) is 5.91 Å². The van der Waals surface area contributed by atoms with Crippen molar-refractivity contribution < 1.29 is 4.79 Å². The number of nitrogens with one attached hydrogen (secondary N) is 1. The van der Waals surface area contributed by atoms with E-state index in [2.05, 4.69) is 24.1 Å². The van der Waals surface area contributed by atoms with Crippen LogP contribution in [0, 0.1) is 25.7 Å². The van der Waals surface area contributed by atoms with Crippen LogP contribution in [0.3, 0.4) is 0 Å². The van der Waals surface area contributed by atoms with Crippen molar-refractivity contribution in [2.75, 3.05) is 0 Å². The number of carbonyl (C=O) groups excluding carboxylic acids is 1. The second-order valence-electron chi connectivity index (χ2n) is 7.36. The van der Waals surface area contributed by atoms with Crippen molar-refractivity contribution in [1.82, 2.24) is 14.7 Å². The van der Waals surface area contributed by atoms with Gasteiger partial charge in [-0.1, -0.05) is 20.3 Å². The van der Waals surface area contributed by atoms with Gasteiger partial charge in [0.05, 0.1) is 11.3 Å². The Morgan fingerprint density at radius 1 is 1.35 bits per heavy atom. The molecular formula is C19H27N3O. The third-order valence-electron chi connectivity index (χ3n) is 4.94. The zero-order valence-corrected chi connectivity index (χ0v) is 14.6. The SMILES string of the molecule is Cc1cn2c(C)ccc(C(=O)N[C@@H](CC(C)C)C3CCC3)c2n1. The van der Waals surface area contributed by atoms with Crippen LogP contribution in [0.4, 0.5) is 0 Å². The summed E-state index contributed by atoms with van der Waals surface area (Å²) in [6.07, 6.45) is 6.81. The average Bonchev–Trinajstić information content (AvgIpc) is 2.78. The van der Waals surface area contributed by atoms with Crippen LogP contribution in [-0.2, 0) is 0 Å². The molecule has 3 rings (SSSR count). The van der Waals surface area contributed by atoms with Gasteiger partial charge in [0.15, 0.2) is 0 Å². The Morgan fingerprint density at radius 2 is 2.09 bits per heavy atom. The molecule has 1 N–H and O–H groups in total. The van der Waals surface area contributed by atoms with Crippen molar-refractivity contribution >= 4 is 11.6 Å². The molecular weight excluding hydrogens is 286 g/mol. The summed E-state index contributed by atoms with van der Waals surface area (Å²) in [7, 11) is 0. The van der Waals surface area contributed by atoms with Gasteiger partial charge in [0, 0.05) is 17.9 Å². The van der Waals surface area contributed by atoms with Crippen LogP contribution in [0.25, 0.3) is 5.65 Å². The smallest absolute Gasteiger partial charge is 0.255 e. The first-order valence-corrected chi connectivity index (χ1v) is 8.72. The van der Waals surface area contributed by atoms with Crippen molar-refractivity contribution in [1.29, 1.82) is 0 Å². The standard InChI is InChI=1S/C19H27N3O/c1-12(2)10-17(15-6-5-7-15)21-19(23)16-9-8-14(4)22-11-13(3)20-18(16)22/h8-9,11-12,15,17H,5-7,10H2,1-4H3,(H,21,23)/t17-/m0/s1. The van der Waals surface area contributed by atoms with E-state index in [1.165, 1.54) is 19.3 Å². The predicted molar refractivity (Wildman–Crippen MR) is 92.7 cm³/mol. The van der Waals surface area contributed by atoms with Crippen LogP contribution in [0.15, 0.2) is 18.3 Å². The van der Waals surface area contributed by atoms with E-state index < -0.39 is 0 Å². The topological polar surface area (TPSA) is 46.4 Å². The number of carbonyl (C=O) groups is 1. The van der Waals surface area contributed by atoms with E-state index >= 15 is 0 Å². The van der Waals surface area contributed by atoms with Gasteiger partial charge in [0.2, 0.25) is 0 Å². The summed E-state index contributed by atoms with van der Waals surface area (Å²) in [4.78, 5) is 17.4. The lowest BCUT2D eigenvalue weighted by Crippen LogP contribution is -2.43. The molecule has 1 fully saturated rings. The van der Waals surface area contributed by atoms with Crippen molar-refractivity contribution in [3.63, 3.8) is 0 Å². The lowest BCUT2D eigenvalue weighted by Gasteiger charge is -2.35. The summed E-state index contributed by atoms with van der Waals surface area (Å²) in [5.74, 6) is 1.25. The maximum Gasteiger partial charge on any atom is 0.255 e.